The van der Waals surface area contributed by atoms with Crippen LogP contribution in [0.5, 0.6) is 5.75 Å². The molecular weight excluding hydrogens is 306 g/mol. The predicted molar refractivity (Wildman–Crippen MR) is 108 cm³/mol. The molecule has 0 aliphatic heterocycles. The summed E-state index contributed by atoms with van der Waals surface area (Å²) in [6, 6.07) is 15.3. The molecule has 25 heavy (non-hydrogen) atoms. The molecule has 2 nitrogen and oxygen atoms in total. The van der Waals surface area contributed by atoms with E-state index in [1.807, 2.05) is 6.07 Å². The third-order valence-electron chi connectivity index (χ3n) is 4.72. The fraction of sp³-hybridized carbons (Fsp3) is 0.478. The number of aryl methyl sites for hydroxylation is 1. The molecule has 1 unspecified atom stereocenters. The highest BCUT2D eigenvalue weighted by atomic mass is 16.5. The fourth-order valence-electron chi connectivity index (χ4n) is 3.13. The number of hydrogen-bond acceptors (Lipinski definition) is 2. The van der Waals surface area contributed by atoms with Crippen LogP contribution in [0.15, 0.2) is 42.5 Å². The molecule has 0 heterocycles. The van der Waals surface area contributed by atoms with Crippen LogP contribution in [0.1, 0.15) is 62.3 Å². The monoisotopic (exact) mass is 339 g/mol. The van der Waals surface area contributed by atoms with E-state index in [1.54, 1.807) is 0 Å². The standard InChI is InChI=1S/C23H33NO/c1-6-12-25-21-9-7-8-18(14-21)13-19(16-24)22-15-20(23(3,4)5)11-10-17(22)2/h7-11,14-15,19H,6,12-13,16,24H2,1-5H3. The molecule has 2 aromatic carbocycles. The summed E-state index contributed by atoms with van der Waals surface area (Å²) < 4.78 is 5.77. The molecule has 0 aromatic heterocycles. The van der Waals surface area contributed by atoms with Gasteiger partial charge in [0.15, 0.2) is 0 Å². The second kappa shape index (κ2) is 8.53. The third kappa shape index (κ3) is 5.34. The Morgan fingerprint density at radius 3 is 2.48 bits per heavy atom. The Hall–Kier alpha value is -1.80. The number of hydrogen-bond donors (Lipinski definition) is 1. The maximum Gasteiger partial charge on any atom is 0.119 e. The quantitative estimate of drug-likeness (QED) is 0.736. The summed E-state index contributed by atoms with van der Waals surface area (Å²) in [5.41, 5.74) is 11.7. The summed E-state index contributed by atoms with van der Waals surface area (Å²) >= 11 is 0. The van der Waals surface area contributed by atoms with Crippen LogP contribution in [0.2, 0.25) is 0 Å². The molecule has 0 bridgehead atoms. The lowest BCUT2D eigenvalue weighted by molar-refractivity contribution is 0.317. The van der Waals surface area contributed by atoms with E-state index in [4.69, 9.17) is 10.5 Å². The molecule has 2 N–H and O–H groups in total. The van der Waals surface area contributed by atoms with Gasteiger partial charge in [-0.2, -0.15) is 0 Å². The van der Waals surface area contributed by atoms with E-state index in [0.29, 0.717) is 12.5 Å². The zero-order chi connectivity index (χ0) is 18.4. The number of nitrogens with two attached hydrogens (primary N) is 1. The second-order valence-electron chi connectivity index (χ2n) is 7.95. The zero-order valence-corrected chi connectivity index (χ0v) is 16.4. The van der Waals surface area contributed by atoms with Crippen molar-refractivity contribution in [3.63, 3.8) is 0 Å². The molecule has 0 amide bonds. The van der Waals surface area contributed by atoms with E-state index >= 15 is 0 Å². The highest BCUT2D eigenvalue weighted by Crippen LogP contribution is 2.30. The van der Waals surface area contributed by atoms with Crippen molar-refractivity contribution in [3.05, 3.63) is 64.7 Å². The minimum Gasteiger partial charge on any atom is -0.494 e. The van der Waals surface area contributed by atoms with Crippen LogP contribution in [-0.4, -0.2) is 13.2 Å². The van der Waals surface area contributed by atoms with Crippen LogP contribution < -0.4 is 10.5 Å². The Morgan fingerprint density at radius 2 is 1.84 bits per heavy atom. The first-order chi connectivity index (χ1) is 11.8. The van der Waals surface area contributed by atoms with E-state index in [1.165, 1.54) is 22.3 Å². The minimum absolute atomic E-state index is 0.148. The lowest BCUT2D eigenvalue weighted by Gasteiger charge is -2.24. The normalized spacial score (nSPS) is 12.9. The zero-order valence-electron chi connectivity index (χ0n) is 16.4. The van der Waals surface area contributed by atoms with Gasteiger partial charge in [-0.1, -0.05) is 58.0 Å². The SMILES string of the molecule is CCCOc1cccc(CC(CN)c2cc(C(C)(C)C)ccc2C)c1. The molecule has 0 saturated heterocycles. The molecule has 0 spiro atoms. The Labute approximate surface area is 153 Å². The van der Waals surface area contributed by atoms with Gasteiger partial charge in [0.05, 0.1) is 6.61 Å². The summed E-state index contributed by atoms with van der Waals surface area (Å²) in [7, 11) is 0. The van der Waals surface area contributed by atoms with Crippen molar-refractivity contribution in [2.75, 3.05) is 13.2 Å². The first-order valence-corrected chi connectivity index (χ1v) is 9.38. The smallest absolute Gasteiger partial charge is 0.119 e. The average Bonchev–Trinajstić information content (AvgIpc) is 2.58. The summed E-state index contributed by atoms with van der Waals surface area (Å²) in [5, 5.41) is 0. The number of ether oxygens (including phenoxy) is 1. The van der Waals surface area contributed by atoms with E-state index in [0.717, 1.165) is 25.2 Å². The van der Waals surface area contributed by atoms with Crippen molar-refractivity contribution in [2.24, 2.45) is 5.73 Å². The van der Waals surface area contributed by atoms with Crippen LogP contribution >= 0.6 is 0 Å². The lowest BCUT2D eigenvalue weighted by atomic mass is 9.81. The second-order valence-corrected chi connectivity index (χ2v) is 7.95. The van der Waals surface area contributed by atoms with Gasteiger partial charge in [-0.05, 0) is 66.1 Å². The average molecular weight is 340 g/mol. The van der Waals surface area contributed by atoms with Crippen LogP contribution in [0.3, 0.4) is 0 Å². The minimum atomic E-state index is 0.148. The van der Waals surface area contributed by atoms with E-state index in [-0.39, 0.29) is 5.41 Å². The highest BCUT2D eigenvalue weighted by Gasteiger charge is 2.19. The predicted octanol–water partition coefficient (Wildman–Crippen LogP) is 5.37. The Kier molecular flexibility index (Phi) is 6.66. The number of rotatable bonds is 7. The lowest BCUT2D eigenvalue weighted by Crippen LogP contribution is -2.18. The molecule has 2 heteroatoms. The molecule has 2 aromatic rings. The van der Waals surface area contributed by atoms with Crippen molar-refractivity contribution in [1.29, 1.82) is 0 Å². The summed E-state index contributed by atoms with van der Waals surface area (Å²) in [6.07, 6.45) is 1.96. The van der Waals surface area contributed by atoms with Gasteiger partial charge in [0, 0.05) is 5.92 Å². The maximum atomic E-state index is 6.17. The van der Waals surface area contributed by atoms with E-state index < -0.39 is 0 Å². The van der Waals surface area contributed by atoms with Crippen molar-refractivity contribution < 1.29 is 4.74 Å². The van der Waals surface area contributed by atoms with Gasteiger partial charge in [0.2, 0.25) is 0 Å². The van der Waals surface area contributed by atoms with E-state index in [9.17, 15) is 0 Å². The van der Waals surface area contributed by atoms with Crippen molar-refractivity contribution >= 4 is 0 Å². The Bertz CT molecular complexity index is 685. The number of benzene rings is 2. The van der Waals surface area contributed by atoms with Gasteiger partial charge in [-0.3, -0.25) is 0 Å². The molecule has 2 rings (SSSR count). The Morgan fingerprint density at radius 1 is 1.08 bits per heavy atom. The van der Waals surface area contributed by atoms with Gasteiger partial charge in [0.25, 0.3) is 0 Å². The van der Waals surface area contributed by atoms with Crippen LogP contribution in [0, 0.1) is 6.92 Å². The highest BCUT2D eigenvalue weighted by molar-refractivity contribution is 5.38. The summed E-state index contributed by atoms with van der Waals surface area (Å²) in [5.74, 6) is 1.28. The van der Waals surface area contributed by atoms with Crippen molar-refractivity contribution in [1.82, 2.24) is 0 Å². The first kappa shape index (κ1) is 19.5. The largest absolute Gasteiger partial charge is 0.494 e. The molecule has 136 valence electrons. The Balaban J connectivity index is 2.26. The molecule has 0 radical (unpaired) electrons. The van der Waals surface area contributed by atoms with Crippen LogP contribution in [0.25, 0.3) is 0 Å². The van der Waals surface area contributed by atoms with Gasteiger partial charge < -0.3 is 10.5 Å². The molecule has 0 aliphatic carbocycles. The van der Waals surface area contributed by atoms with Gasteiger partial charge >= 0.3 is 0 Å². The van der Waals surface area contributed by atoms with E-state index in [2.05, 4.69) is 71.0 Å². The van der Waals surface area contributed by atoms with Gasteiger partial charge in [-0.15, -0.1) is 0 Å². The first-order valence-electron chi connectivity index (χ1n) is 9.38. The molecular formula is C23H33NO. The van der Waals surface area contributed by atoms with Crippen LogP contribution in [-0.2, 0) is 11.8 Å². The van der Waals surface area contributed by atoms with Gasteiger partial charge in [-0.25, -0.2) is 0 Å². The molecule has 1 atom stereocenters. The molecule has 0 fully saturated rings. The van der Waals surface area contributed by atoms with Crippen molar-refractivity contribution in [3.8, 4) is 5.75 Å². The summed E-state index contributed by atoms with van der Waals surface area (Å²) in [6.45, 7) is 12.5. The molecule has 0 saturated carbocycles. The fourth-order valence-corrected chi connectivity index (χ4v) is 3.13. The maximum absolute atomic E-state index is 6.17. The molecule has 0 aliphatic rings. The summed E-state index contributed by atoms with van der Waals surface area (Å²) in [4.78, 5) is 0. The topological polar surface area (TPSA) is 35.2 Å². The van der Waals surface area contributed by atoms with Gasteiger partial charge in [0.1, 0.15) is 5.75 Å². The third-order valence-corrected chi connectivity index (χ3v) is 4.72. The van der Waals surface area contributed by atoms with Crippen molar-refractivity contribution in [2.45, 2.75) is 58.8 Å². The van der Waals surface area contributed by atoms with Crippen LogP contribution in [0.4, 0.5) is 0 Å².